The minimum Gasteiger partial charge on any atom is -0.494 e. The average Bonchev–Trinajstić information content (AvgIpc) is 3.26. The minimum atomic E-state index is -1.30. The van der Waals surface area contributed by atoms with Gasteiger partial charge in [-0.2, -0.15) is 0 Å². The molecule has 12 nitrogen and oxygen atoms in total. The number of Topliss-reactive ketones (excluding diaryl/α,β-unsaturated/α-hetero) is 2. The van der Waals surface area contributed by atoms with Gasteiger partial charge in [0.25, 0.3) is 6.47 Å². The summed E-state index contributed by atoms with van der Waals surface area (Å²) in [4.78, 5) is 71.7. The lowest BCUT2D eigenvalue weighted by molar-refractivity contribution is -0.146. The first-order valence-electron chi connectivity index (χ1n) is 20.3. The summed E-state index contributed by atoms with van der Waals surface area (Å²) in [5.41, 5.74) is 0.702. The van der Waals surface area contributed by atoms with Crippen LogP contribution in [0.3, 0.4) is 0 Å². The van der Waals surface area contributed by atoms with E-state index in [0.717, 1.165) is 85.1 Å². The van der Waals surface area contributed by atoms with Gasteiger partial charge in [-0.3, -0.25) is 19.2 Å². The van der Waals surface area contributed by atoms with Crippen LogP contribution in [-0.4, -0.2) is 75.6 Å². The fourth-order valence-corrected chi connectivity index (χ4v) is 6.01. The predicted octanol–water partition coefficient (Wildman–Crippen LogP) is 9.14. The Labute approximate surface area is 351 Å². The summed E-state index contributed by atoms with van der Waals surface area (Å²) in [6.45, 7) is 13.0. The van der Waals surface area contributed by atoms with Crippen molar-refractivity contribution in [3.63, 3.8) is 0 Å². The zero-order chi connectivity index (χ0) is 43.5. The van der Waals surface area contributed by atoms with Crippen molar-refractivity contribution >= 4 is 57.5 Å². The maximum absolute atomic E-state index is 13.8. The molecule has 0 saturated carbocycles. The molecular weight excluding hydrogens is 769 g/mol. The zero-order valence-electron chi connectivity index (χ0n) is 34.7. The molecule has 0 radical (unpaired) electrons. The van der Waals surface area contributed by atoms with Crippen LogP contribution in [-0.2, 0) is 38.1 Å². The van der Waals surface area contributed by atoms with Crippen molar-refractivity contribution in [3.05, 3.63) is 109 Å². The van der Waals surface area contributed by atoms with Gasteiger partial charge in [-0.25, -0.2) is 9.59 Å². The molecule has 12 heteroatoms. The Morgan fingerprint density at radius 3 is 1.45 bits per heavy atom. The van der Waals surface area contributed by atoms with E-state index in [2.05, 4.69) is 17.9 Å². The van der Waals surface area contributed by atoms with Crippen LogP contribution < -0.4 is 9.47 Å². The van der Waals surface area contributed by atoms with E-state index in [0.29, 0.717) is 62.1 Å². The number of unbranched alkanes of at least 4 members (excludes halogenated alkanes) is 6. The molecule has 0 spiro atoms. The highest BCUT2D eigenvalue weighted by molar-refractivity contribution is 6.13. The van der Waals surface area contributed by atoms with E-state index < -0.39 is 29.6 Å². The number of hydrogen-bond donors (Lipinski definition) is 0. The van der Waals surface area contributed by atoms with Crippen LogP contribution in [0.4, 0.5) is 0 Å². The highest BCUT2D eigenvalue weighted by atomic mass is 16.5. The minimum absolute atomic E-state index is 0.0794. The van der Waals surface area contributed by atoms with E-state index in [1.807, 2.05) is 42.5 Å². The van der Waals surface area contributed by atoms with Gasteiger partial charge in [0.05, 0.1) is 39.6 Å². The third-order valence-electron chi connectivity index (χ3n) is 9.18. The summed E-state index contributed by atoms with van der Waals surface area (Å²) in [7, 11) is 0. The maximum Gasteiger partial charge on any atom is 0.330 e. The van der Waals surface area contributed by atoms with Crippen molar-refractivity contribution in [2.45, 2.75) is 71.6 Å². The molecule has 1 unspecified atom stereocenters. The van der Waals surface area contributed by atoms with Crippen molar-refractivity contribution in [2.24, 2.45) is 5.92 Å². The van der Waals surface area contributed by atoms with Crippen LogP contribution in [0.25, 0.3) is 21.5 Å². The smallest absolute Gasteiger partial charge is 0.330 e. The van der Waals surface area contributed by atoms with Gasteiger partial charge in [0, 0.05) is 29.7 Å². The number of hydrogen-bond acceptors (Lipinski definition) is 12. The van der Waals surface area contributed by atoms with E-state index >= 15 is 0 Å². The molecule has 0 fully saturated rings. The molecule has 0 saturated heterocycles. The molecule has 0 aliphatic heterocycles. The Hall–Kier alpha value is -6.30. The van der Waals surface area contributed by atoms with Crippen LogP contribution in [0.2, 0.25) is 0 Å². The molecule has 60 heavy (non-hydrogen) atoms. The summed E-state index contributed by atoms with van der Waals surface area (Å²) in [5, 5.41) is 3.38. The summed E-state index contributed by atoms with van der Waals surface area (Å²) < 4.78 is 31.2. The molecule has 4 aromatic rings. The van der Waals surface area contributed by atoms with Crippen molar-refractivity contribution in [1.29, 1.82) is 0 Å². The number of ether oxygens (including phenoxy) is 6. The number of benzene rings is 4. The normalized spacial score (nSPS) is 11.0. The van der Waals surface area contributed by atoms with E-state index in [4.69, 9.17) is 23.7 Å². The molecule has 0 aromatic heterocycles. The number of rotatable bonds is 27. The quantitative estimate of drug-likeness (QED) is 0.0107. The molecule has 1 atom stereocenters. The molecule has 0 N–H and O–H groups in total. The standard InChI is InChI=1S/C45H50O10.C3H6O2/c1-4-42(47)54-25-13-9-7-11-23-52-38-21-19-32-27-36(17-15-34(32)29-38)41(46)31-40(45(50)51-6-3)44(49)37-18-16-35-30-39(22-20-33(35)28-37)53-24-12-8-10-14-26-55-43(48)5-2;1-2-5-3-4/h4-5,15-22,27-30,40H,1-2,6-14,23-26,31H2,3H3;3H,2H2,1H3. The molecule has 320 valence electrons. The molecule has 4 aromatic carbocycles. The fraction of sp³-hybridized carbons (Fsp3) is 0.375. The van der Waals surface area contributed by atoms with E-state index in [-0.39, 0.29) is 18.8 Å². The SMILES string of the molecule is C=CC(=O)OCCCCCCOc1ccc2cc(C(=O)CC(C(=O)OCC)C(=O)c3ccc4cc(OCCCCCCOC(=O)C=C)ccc4c3)ccc2c1.CCOC=O. The predicted molar refractivity (Wildman–Crippen MR) is 229 cm³/mol. The second kappa shape index (κ2) is 27.4. The third kappa shape index (κ3) is 16.9. The van der Waals surface area contributed by atoms with Crippen LogP contribution in [0.1, 0.15) is 92.4 Å². The number of fused-ring (bicyclic) bond motifs is 2. The Kier molecular flexibility index (Phi) is 22.0. The Morgan fingerprint density at radius 1 is 0.550 bits per heavy atom. The van der Waals surface area contributed by atoms with E-state index in [1.165, 1.54) is 0 Å². The first kappa shape index (κ1) is 48.1. The average molecular weight is 825 g/mol. The molecule has 4 rings (SSSR count). The summed E-state index contributed by atoms with van der Waals surface area (Å²) in [6, 6.07) is 21.7. The lowest BCUT2D eigenvalue weighted by atomic mass is 9.89. The molecule has 0 heterocycles. The first-order chi connectivity index (χ1) is 29.1. The molecule has 0 aliphatic carbocycles. The lowest BCUT2D eigenvalue weighted by Gasteiger charge is -2.15. The second-order valence-electron chi connectivity index (χ2n) is 13.6. The largest absolute Gasteiger partial charge is 0.494 e. The maximum atomic E-state index is 13.8. The lowest BCUT2D eigenvalue weighted by Crippen LogP contribution is -2.29. The fourth-order valence-electron chi connectivity index (χ4n) is 6.01. The number of ketones is 2. The number of carbonyl (C=O) groups is 6. The van der Waals surface area contributed by atoms with E-state index in [9.17, 15) is 28.8 Å². The van der Waals surface area contributed by atoms with Gasteiger partial charge < -0.3 is 28.4 Å². The van der Waals surface area contributed by atoms with Gasteiger partial charge in [0.2, 0.25) is 0 Å². The van der Waals surface area contributed by atoms with Gasteiger partial charge in [0.15, 0.2) is 11.6 Å². The summed E-state index contributed by atoms with van der Waals surface area (Å²) in [6.07, 6.45) is 9.00. The zero-order valence-corrected chi connectivity index (χ0v) is 34.7. The molecular formula is C48H56O12. The summed E-state index contributed by atoms with van der Waals surface area (Å²) in [5.74, 6) is -2.25. The Balaban J connectivity index is 0.00000181. The molecule has 0 aliphatic rings. The number of esters is 3. The van der Waals surface area contributed by atoms with Gasteiger partial charge >= 0.3 is 17.9 Å². The highest BCUT2D eigenvalue weighted by Gasteiger charge is 2.32. The van der Waals surface area contributed by atoms with Crippen molar-refractivity contribution in [3.8, 4) is 11.5 Å². The second-order valence-corrected chi connectivity index (χ2v) is 13.6. The van der Waals surface area contributed by atoms with Gasteiger partial charge in [-0.05, 0) is 123 Å². The Bertz CT molecular complexity index is 2050. The van der Waals surface area contributed by atoms with Crippen LogP contribution in [0.15, 0.2) is 98.1 Å². The summed E-state index contributed by atoms with van der Waals surface area (Å²) >= 11 is 0. The molecule has 0 amide bonds. The first-order valence-corrected chi connectivity index (χ1v) is 20.3. The van der Waals surface area contributed by atoms with Gasteiger partial charge in [-0.15, -0.1) is 0 Å². The van der Waals surface area contributed by atoms with Crippen LogP contribution in [0, 0.1) is 5.92 Å². The topological polar surface area (TPSA) is 158 Å². The van der Waals surface area contributed by atoms with E-state index in [1.54, 1.807) is 44.2 Å². The van der Waals surface area contributed by atoms with Crippen molar-refractivity contribution < 1.29 is 57.2 Å². The Morgan fingerprint density at radius 2 is 1.00 bits per heavy atom. The van der Waals surface area contributed by atoms with Gasteiger partial charge in [-0.1, -0.05) is 49.6 Å². The van der Waals surface area contributed by atoms with Crippen LogP contribution >= 0.6 is 0 Å². The van der Waals surface area contributed by atoms with Crippen LogP contribution in [0.5, 0.6) is 11.5 Å². The molecule has 0 bridgehead atoms. The number of carbonyl (C=O) groups excluding carboxylic acids is 6. The van der Waals surface area contributed by atoms with Crippen molar-refractivity contribution in [1.82, 2.24) is 0 Å². The highest BCUT2D eigenvalue weighted by Crippen LogP contribution is 2.27. The van der Waals surface area contributed by atoms with Gasteiger partial charge in [0.1, 0.15) is 17.4 Å². The monoisotopic (exact) mass is 824 g/mol. The third-order valence-corrected chi connectivity index (χ3v) is 9.18. The van der Waals surface area contributed by atoms with Crippen molar-refractivity contribution in [2.75, 3.05) is 39.6 Å².